The van der Waals surface area contributed by atoms with Crippen LogP contribution in [0.4, 0.5) is 9.18 Å². The topological polar surface area (TPSA) is 92.5 Å². The summed E-state index contributed by atoms with van der Waals surface area (Å²) in [6.07, 6.45) is 1.01. The van der Waals surface area contributed by atoms with Gasteiger partial charge in [0.2, 0.25) is 10.0 Å². The highest BCUT2D eigenvalue weighted by Gasteiger charge is 2.29. The van der Waals surface area contributed by atoms with Crippen LogP contribution in [0.15, 0.2) is 29.2 Å². The van der Waals surface area contributed by atoms with E-state index in [0.717, 1.165) is 12.1 Å². The molecule has 1 aliphatic rings. The number of hydrogen-bond acceptors (Lipinski definition) is 3. The molecule has 0 aliphatic carbocycles. The lowest BCUT2D eigenvalue weighted by atomic mass is 10.1. The van der Waals surface area contributed by atoms with Crippen molar-refractivity contribution in [2.24, 2.45) is 5.73 Å². The zero-order valence-electron chi connectivity index (χ0n) is 10.8. The molecule has 1 heterocycles. The molecule has 1 fully saturated rings. The molecule has 1 aliphatic heterocycles. The van der Waals surface area contributed by atoms with Gasteiger partial charge in [-0.2, -0.15) is 4.31 Å². The largest absolute Gasteiger partial charge is 0.352 e. The first-order valence-electron chi connectivity index (χ1n) is 6.21. The van der Waals surface area contributed by atoms with E-state index in [0.29, 0.717) is 25.9 Å². The van der Waals surface area contributed by atoms with E-state index in [9.17, 15) is 17.6 Å². The molecule has 0 saturated carbocycles. The molecule has 1 saturated heterocycles. The zero-order chi connectivity index (χ0) is 14.8. The highest BCUT2D eigenvalue weighted by Crippen LogP contribution is 2.20. The molecule has 2 rings (SSSR count). The van der Waals surface area contributed by atoms with Gasteiger partial charge in [0.15, 0.2) is 0 Å². The third kappa shape index (κ3) is 3.26. The van der Waals surface area contributed by atoms with E-state index in [-0.39, 0.29) is 10.9 Å². The van der Waals surface area contributed by atoms with Crippen molar-refractivity contribution in [3.63, 3.8) is 0 Å². The first kappa shape index (κ1) is 14.7. The fraction of sp³-hybridized carbons (Fsp3) is 0.417. The summed E-state index contributed by atoms with van der Waals surface area (Å²) in [4.78, 5) is 10.8. The molecule has 0 bridgehead atoms. The summed E-state index contributed by atoms with van der Waals surface area (Å²) in [5.41, 5.74) is 5.03. The summed E-state index contributed by atoms with van der Waals surface area (Å²) >= 11 is 0. The molecule has 2 amide bonds. The Balaban J connectivity index is 2.05. The van der Waals surface area contributed by atoms with Gasteiger partial charge >= 0.3 is 6.03 Å². The summed E-state index contributed by atoms with van der Waals surface area (Å²) in [6, 6.07) is 4.02. The maximum Gasteiger partial charge on any atom is 0.312 e. The first-order valence-corrected chi connectivity index (χ1v) is 7.65. The monoisotopic (exact) mass is 301 g/mol. The van der Waals surface area contributed by atoms with Crippen LogP contribution in [-0.2, 0) is 10.0 Å². The second-order valence-electron chi connectivity index (χ2n) is 4.64. The van der Waals surface area contributed by atoms with E-state index in [4.69, 9.17) is 5.73 Å². The molecule has 1 aromatic carbocycles. The Labute approximate surface area is 116 Å². The zero-order valence-corrected chi connectivity index (χ0v) is 11.6. The number of nitrogens with one attached hydrogen (secondary N) is 1. The quantitative estimate of drug-likeness (QED) is 0.858. The van der Waals surface area contributed by atoms with Crippen LogP contribution in [0.25, 0.3) is 0 Å². The van der Waals surface area contributed by atoms with Crippen LogP contribution < -0.4 is 11.1 Å². The van der Waals surface area contributed by atoms with Crippen molar-refractivity contribution < 1.29 is 17.6 Å². The van der Waals surface area contributed by atoms with Crippen LogP contribution in [0.3, 0.4) is 0 Å². The Morgan fingerprint density at radius 3 is 2.30 bits per heavy atom. The smallest absolute Gasteiger partial charge is 0.312 e. The van der Waals surface area contributed by atoms with Gasteiger partial charge in [-0.3, -0.25) is 0 Å². The van der Waals surface area contributed by atoms with Crippen molar-refractivity contribution in [2.45, 2.75) is 23.8 Å². The van der Waals surface area contributed by atoms with Crippen molar-refractivity contribution in [3.8, 4) is 0 Å². The average molecular weight is 301 g/mol. The molecule has 0 spiro atoms. The van der Waals surface area contributed by atoms with Crippen LogP contribution in [0.2, 0.25) is 0 Å². The number of nitrogens with two attached hydrogens (primary N) is 1. The van der Waals surface area contributed by atoms with Crippen molar-refractivity contribution in [1.29, 1.82) is 0 Å². The van der Waals surface area contributed by atoms with Gasteiger partial charge in [0.25, 0.3) is 0 Å². The Morgan fingerprint density at radius 2 is 1.80 bits per heavy atom. The van der Waals surface area contributed by atoms with Crippen molar-refractivity contribution in [1.82, 2.24) is 9.62 Å². The fourth-order valence-corrected chi connectivity index (χ4v) is 3.67. The normalized spacial score (nSPS) is 17.9. The minimum absolute atomic E-state index is 0.0696. The molecule has 0 unspecified atom stereocenters. The van der Waals surface area contributed by atoms with Crippen molar-refractivity contribution in [3.05, 3.63) is 30.1 Å². The minimum Gasteiger partial charge on any atom is -0.352 e. The van der Waals surface area contributed by atoms with E-state index in [1.54, 1.807) is 0 Å². The number of carbonyl (C=O) groups is 1. The van der Waals surface area contributed by atoms with Crippen LogP contribution in [0, 0.1) is 5.82 Å². The van der Waals surface area contributed by atoms with Gasteiger partial charge in [0.1, 0.15) is 5.82 Å². The van der Waals surface area contributed by atoms with Crippen LogP contribution in [-0.4, -0.2) is 37.9 Å². The van der Waals surface area contributed by atoms with Crippen molar-refractivity contribution >= 4 is 16.1 Å². The molecule has 3 N–H and O–H groups in total. The number of carbonyl (C=O) groups excluding carboxylic acids is 1. The van der Waals surface area contributed by atoms with E-state index in [1.165, 1.54) is 16.4 Å². The SMILES string of the molecule is NC(=O)NC1CCN(S(=O)(=O)c2ccc(F)cc2)CC1. The van der Waals surface area contributed by atoms with Crippen LogP contribution in [0.1, 0.15) is 12.8 Å². The van der Waals surface area contributed by atoms with Crippen LogP contribution >= 0.6 is 0 Å². The lowest BCUT2D eigenvalue weighted by Gasteiger charge is -2.31. The summed E-state index contributed by atoms with van der Waals surface area (Å²) < 4.78 is 38.8. The number of primary amides is 1. The second-order valence-corrected chi connectivity index (χ2v) is 6.58. The Bertz CT molecular complexity index is 580. The Kier molecular flexibility index (Phi) is 4.24. The van der Waals surface area contributed by atoms with Gasteiger partial charge < -0.3 is 11.1 Å². The van der Waals surface area contributed by atoms with Gasteiger partial charge in [-0.05, 0) is 37.1 Å². The number of hydrogen-bond donors (Lipinski definition) is 2. The van der Waals surface area contributed by atoms with E-state index < -0.39 is 21.9 Å². The average Bonchev–Trinajstić information content (AvgIpc) is 2.39. The maximum atomic E-state index is 12.8. The van der Waals surface area contributed by atoms with Gasteiger partial charge in [0.05, 0.1) is 4.90 Å². The molecule has 6 nitrogen and oxygen atoms in total. The first-order chi connectivity index (χ1) is 9.39. The van der Waals surface area contributed by atoms with Gasteiger partial charge in [-0.15, -0.1) is 0 Å². The predicted molar refractivity (Wildman–Crippen MR) is 70.9 cm³/mol. The highest BCUT2D eigenvalue weighted by atomic mass is 32.2. The third-order valence-electron chi connectivity index (χ3n) is 3.25. The summed E-state index contributed by atoms with van der Waals surface area (Å²) in [5.74, 6) is -0.478. The molecule has 110 valence electrons. The number of amides is 2. The number of urea groups is 1. The lowest BCUT2D eigenvalue weighted by Crippen LogP contribution is -2.47. The Hall–Kier alpha value is -1.67. The molecule has 8 heteroatoms. The minimum atomic E-state index is -3.61. The molecule has 0 atom stereocenters. The number of rotatable bonds is 3. The predicted octanol–water partition coefficient (Wildman–Crippen LogP) is 0.647. The number of piperidine rings is 1. The number of halogens is 1. The molecule has 1 aromatic rings. The lowest BCUT2D eigenvalue weighted by molar-refractivity contribution is 0.235. The molecule has 20 heavy (non-hydrogen) atoms. The van der Waals surface area contributed by atoms with Crippen LogP contribution in [0.5, 0.6) is 0 Å². The Morgan fingerprint density at radius 1 is 1.25 bits per heavy atom. The van der Waals surface area contributed by atoms with E-state index >= 15 is 0 Å². The third-order valence-corrected chi connectivity index (χ3v) is 5.16. The standard InChI is InChI=1S/C12H16FN3O3S/c13-9-1-3-11(4-2-9)20(18,19)16-7-5-10(6-8-16)15-12(14)17/h1-4,10H,5-8H2,(H3,14,15,17). The fourth-order valence-electron chi connectivity index (χ4n) is 2.20. The highest BCUT2D eigenvalue weighted by molar-refractivity contribution is 7.89. The number of nitrogens with zero attached hydrogens (tertiary/aromatic N) is 1. The number of sulfonamides is 1. The van der Waals surface area contributed by atoms with Gasteiger partial charge in [-0.1, -0.05) is 0 Å². The van der Waals surface area contributed by atoms with Crippen molar-refractivity contribution in [2.75, 3.05) is 13.1 Å². The molecular weight excluding hydrogens is 285 g/mol. The molecule has 0 radical (unpaired) electrons. The summed E-state index contributed by atoms with van der Waals surface area (Å²) in [5, 5.41) is 2.57. The number of benzene rings is 1. The second kappa shape index (κ2) is 5.76. The summed E-state index contributed by atoms with van der Waals surface area (Å²) in [7, 11) is -3.61. The molecule has 0 aromatic heterocycles. The molecular formula is C12H16FN3O3S. The van der Waals surface area contributed by atoms with E-state index in [2.05, 4.69) is 5.32 Å². The van der Waals surface area contributed by atoms with Gasteiger partial charge in [0, 0.05) is 19.1 Å². The van der Waals surface area contributed by atoms with Gasteiger partial charge in [-0.25, -0.2) is 17.6 Å². The summed E-state index contributed by atoms with van der Waals surface area (Å²) in [6.45, 7) is 0.593. The van der Waals surface area contributed by atoms with E-state index in [1.807, 2.05) is 0 Å². The maximum absolute atomic E-state index is 12.8.